The Labute approximate surface area is 118 Å². The monoisotopic (exact) mass is 281 g/mol. The van der Waals surface area contributed by atoms with Crippen LogP contribution in [0.5, 0.6) is 0 Å². The van der Waals surface area contributed by atoms with Gasteiger partial charge in [0.25, 0.3) is 0 Å². The molecule has 2 atom stereocenters. The summed E-state index contributed by atoms with van der Waals surface area (Å²) in [7, 11) is 1.64. The van der Waals surface area contributed by atoms with Crippen molar-refractivity contribution >= 4 is 29.6 Å². The predicted molar refractivity (Wildman–Crippen MR) is 82.9 cm³/mol. The van der Waals surface area contributed by atoms with E-state index >= 15 is 0 Å². The molecule has 8 nitrogen and oxygen atoms in total. The van der Waals surface area contributed by atoms with Crippen molar-refractivity contribution in [3.8, 4) is 0 Å². The van der Waals surface area contributed by atoms with E-state index in [1.165, 1.54) is 12.4 Å². The van der Waals surface area contributed by atoms with E-state index in [1.807, 2.05) is 0 Å². The number of nitrogens with zero attached hydrogens (tertiary/aromatic N) is 4. The molecular formula is C12H23N7O. The highest BCUT2D eigenvalue weighted by Gasteiger charge is 2.23. The molecule has 0 rings (SSSR count). The maximum absolute atomic E-state index is 12.2. The van der Waals surface area contributed by atoms with Gasteiger partial charge in [0.1, 0.15) is 5.78 Å². The van der Waals surface area contributed by atoms with E-state index in [0.29, 0.717) is 12.1 Å². The molecule has 0 spiro atoms. The summed E-state index contributed by atoms with van der Waals surface area (Å²) < 4.78 is 0. The van der Waals surface area contributed by atoms with Gasteiger partial charge in [-0.1, -0.05) is 0 Å². The Kier molecular flexibility index (Phi) is 8.56. The molecule has 20 heavy (non-hydrogen) atoms. The van der Waals surface area contributed by atoms with Crippen LogP contribution in [0.25, 0.3) is 0 Å². The highest BCUT2D eigenvalue weighted by atomic mass is 16.1. The highest BCUT2D eigenvalue weighted by molar-refractivity contribution is 6.07. The van der Waals surface area contributed by atoms with Crippen LogP contribution in [0, 0.1) is 11.8 Å². The summed E-state index contributed by atoms with van der Waals surface area (Å²) in [5.41, 5.74) is 1.38. The number of ketones is 1. The smallest absolute Gasteiger partial charge is 0.146 e. The molecule has 6 N–H and O–H groups in total. The summed E-state index contributed by atoms with van der Waals surface area (Å²) in [4.78, 5) is 16.1. The fraction of sp³-hybridized carbons (Fsp3) is 0.583. The number of carbonyl (C=O) groups excluding carboxylic acids is 1. The molecule has 0 aromatic carbocycles. The number of carbonyl (C=O) groups is 1. The van der Waals surface area contributed by atoms with E-state index in [4.69, 9.17) is 17.5 Å². The third-order valence-corrected chi connectivity index (χ3v) is 3.01. The Bertz CT molecular complexity index is 426. The van der Waals surface area contributed by atoms with E-state index in [-0.39, 0.29) is 18.1 Å². The van der Waals surface area contributed by atoms with Crippen molar-refractivity contribution in [2.24, 2.45) is 49.7 Å². The number of rotatable bonds is 8. The fourth-order valence-electron chi connectivity index (χ4n) is 1.65. The molecule has 0 radical (unpaired) electrons. The fourth-order valence-corrected chi connectivity index (χ4v) is 1.65. The first-order valence-corrected chi connectivity index (χ1v) is 6.16. The van der Waals surface area contributed by atoms with Gasteiger partial charge in [0.2, 0.25) is 0 Å². The van der Waals surface area contributed by atoms with Gasteiger partial charge in [-0.25, -0.2) is 0 Å². The van der Waals surface area contributed by atoms with Crippen LogP contribution >= 0.6 is 0 Å². The second-order valence-corrected chi connectivity index (χ2v) is 4.42. The van der Waals surface area contributed by atoms with Gasteiger partial charge in [0, 0.05) is 43.2 Å². The molecular weight excluding hydrogens is 258 g/mol. The molecule has 0 aromatic rings. The van der Waals surface area contributed by atoms with Gasteiger partial charge in [-0.3, -0.25) is 9.79 Å². The minimum absolute atomic E-state index is 0.0254. The molecule has 0 bridgehead atoms. The van der Waals surface area contributed by atoms with Crippen molar-refractivity contribution in [3.05, 3.63) is 0 Å². The Morgan fingerprint density at radius 1 is 1.10 bits per heavy atom. The summed E-state index contributed by atoms with van der Waals surface area (Å²) in [5.74, 6) is 14.9. The van der Waals surface area contributed by atoms with Crippen molar-refractivity contribution in [2.75, 3.05) is 7.05 Å². The maximum Gasteiger partial charge on any atom is 0.146 e. The number of hydrogen-bond donors (Lipinski definition) is 3. The third kappa shape index (κ3) is 6.07. The average molecular weight is 281 g/mol. The quantitative estimate of drug-likeness (QED) is 0.323. The molecule has 2 unspecified atom stereocenters. The lowest BCUT2D eigenvalue weighted by Crippen LogP contribution is -2.26. The lowest BCUT2D eigenvalue weighted by atomic mass is 9.88. The first kappa shape index (κ1) is 17.8. The summed E-state index contributed by atoms with van der Waals surface area (Å²) in [5, 5.41) is 10.6. The number of aliphatic imine (C=N–C) groups is 1. The second-order valence-electron chi connectivity index (χ2n) is 4.42. The van der Waals surface area contributed by atoms with Gasteiger partial charge in [-0.05, 0) is 20.3 Å². The standard InChI is InChI=1S/C12H23N7O/c1-8(16-3)4-12(20)11(7-18-14)5-10(6-17-13)9(2)19-15/h6-7,10-11H,4-5,13-15H2,1-3H3/b16-8?,17-6+,18-7+,19-9-. The lowest BCUT2D eigenvalue weighted by molar-refractivity contribution is -0.119. The summed E-state index contributed by atoms with van der Waals surface area (Å²) in [6, 6.07) is 0. The molecule has 0 fully saturated rings. The SMILES string of the molecule is CN=C(C)CC(=O)C(/C=N/N)CC(/C=N/N)/C(C)=N\N. The van der Waals surface area contributed by atoms with Crippen LogP contribution in [0.15, 0.2) is 20.3 Å². The van der Waals surface area contributed by atoms with Crippen molar-refractivity contribution in [1.29, 1.82) is 0 Å². The highest BCUT2D eigenvalue weighted by Crippen LogP contribution is 2.14. The topological polar surface area (TPSA) is 145 Å². The van der Waals surface area contributed by atoms with Crippen molar-refractivity contribution in [1.82, 2.24) is 0 Å². The molecule has 0 saturated heterocycles. The van der Waals surface area contributed by atoms with Crippen LogP contribution in [0.2, 0.25) is 0 Å². The minimum Gasteiger partial charge on any atom is -0.324 e. The first-order valence-electron chi connectivity index (χ1n) is 6.16. The third-order valence-electron chi connectivity index (χ3n) is 3.01. The molecule has 0 aliphatic heterocycles. The zero-order chi connectivity index (χ0) is 15.5. The summed E-state index contributed by atoms with van der Waals surface area (Å²) >= 11 is 0. The Morgan fingerprint density at radius 3 is 2.10 bits per heavy atom. The molecule has 0 aliphatic carbocycles. The van der Waals surface area contributed by atoms with Crippen molar-refractivity contribution in [2.45, 2.75) is 26.7 Å². The molecule has 0 amide bonds. The van der Waals surface area contributed by atoms with Gasteiger partial charge in [0.05, 0.1) is 5.92 Å². The van der Waals surface area contributed by atoms with Crippen LogP contribution in [0.3, 0.4) is 0 Å². The predicted octanol–water partition coefficient (Wildman–Crippen LogP) is -0.118. The van der Waals surface area contributed by atoms with E-state index in [1.54, 1.807) is 20.9 Å². The van der Waals surface area contributed by atoms with Crippen LogP contribution in [-0.4, -0.2) is 36.7 Å². The van der Waals surface area contributed by atoms with Crippen LogP contribution in [-0.2, 0) is 4.79 Å². The van der Waals surface area contributed by atoms with Crippen LogP contribution in [0.4, 0.5) is 0 Å². The largest absolute Gasteiger partial charge is 0.324 e. The zero-order valence-electron chi connectivity index (χ0n) is 12.2. The van der Waals surface area contributed by atoms with Gasteiger partial charge in [-0.2, -0.15) is 15.3 Å². The normalized spacial score (nSPS) is 16.8. The molecule has 112 valence electrons. The van der Waals surface area contributed by atoms with E-state index in [2.05, 4.69) is 20.3 Å². The molecule has 8 heteroatoms. The van der Waals surface area contributed by atoms with E-state index in [0.717, 1.165) is 5.71 Å². The van der Waals surface area contributed by atoms with Crippen molar-refractivity contribution < 1.29 is 4.79 Å². The lowest BCUT2D eigenvalue weighted by Gasteiger charge is -2.16. The molecule has 0 aromatic heterocycles. The average Bonchev–Trinajstić information content (AvgIpc) is 2.44. The zero-order valence-corrected chi connectivity index (χ0v) is 12.2. The number of nitrogens with two attached hydrogens (primary N) is 3. The summed E-state index contributed by atoms with van der Waals surface area (Å²) in [6.07, 6.45) is 3.56. The van der Waals surface area contributed by atoms with Gasteiger partial charge in [-0.15, -0.1) is 0 Å². The minimum atomic E-state index is -0.462. The van der Waals surface area contributed by atoms with Gasteiger partial charge >= 0.3 is 0 Å². The van der Waals surface area contributed by atoms with E-state index < -0.39 is 5.92 Å². The maximum atomic E-state index is 12.2. The Balaban J connectivity index is 5.04. The number of Topliss-reactive ketones (excluding diaryl/α,β-unsaturated/α-hetero) is 1. The van der Waals surface area contributed by atoms with Gasteiger partial charge in [0.15, 0.2) is 0 Å². The Morgan fingerprint density at radius 2 is 1.65 bits per heavy atom. The Hall–Kier alpha value is -2.25. The second kappa shape index (κ2) is 9.65. The first-order chi connectivity index (χ1) is 9.49. The summed E-state index contributed by atoms with van der Waals surface area (Å²) in [6.45, 7) is 3.53. The van der Waals surface area contributed by atoms with Gasteiger partial charge < -0.3 is 17.5 Å². The van der Waals surface area contributed by atoms with Crippen LogP contribution < -0.4 is 17.5 Å². The van der Waals surface area contributed by atoms with Crippen LogP contribution in [0.1, 0.15) is 26.7 Å². The molecule has 0 saturated carbocycles. The number of hydrogen-bond acceptors (Lipinski definition) is 8. The molecule has 0 heterocycles. The van der Waals surface area contributed by atoms with E-state index in [9.17, 15) is 4.79 Å². The number of hydrazone groups is 3. The molecule has 0 aliphatic rings. The van der Waals surface area contributed by atoms with Crippen molar-refractivity contribution in [3.63, 3.8) is 0 Å².